The normalized spacial score (nSPS) is 35.1. The summed E-state index contributed by atoms with van der Waals surface area (Å²) in [6, 6.07) is 0. The molecule has 0 aromatic heterocycles. The van der Waals surface area contributed by atoms with Crippen LogP contribution >= 0.6 is 0 Å². The topological polar surface area (TPSA) is 79.2 Å². The molecule has 6 heteroatoms. The zero-order chi connectivity index (χ0) is 15.0. The maximum absolute atomic E-state index is 12.1. The number of likely N-dealkylation sites (tertiary alicyclic amines) is 1. The molecule has 20 heavy (non-hydrogen) atoms. The molecule has 116 valence electrons. The van der Waals surface area contributed by atoms with Gasteiger partial charge in [0, 0.05) is 13.0 Å². The maximum Gasteiger partial charge on any atom is 0.410 e. The highest BCUT2D eigenvalue weighted by molar-refractivity contribution is 5.68. The number of hydrogen-bond acceptors (Lipinski definition) is 5. The van der Waals surface area contributed by atoms with Crippen LogP contribution in [0.25, 0.3) is 0 Å². The van der Waals surface area contributed by atoms with Gasteiger partial charge in [-0.3, -0.25) is 0 Å². The monoisotopic (exact) mass is 287 g/mol. The van der Waals surface area contributed by atoms with Gasteiger partial charge in [0.2, 0.25) is 0 Å². The summed E-state index contributed by atoms with van der Waals surface area (Å²) in [7, 11) is 0. The molecule has 6 nitrogen and oxygen atoms in total. The number of carbonyl (C=O) groups is 1. The fourth-order valence-corrected chi connectivity index (χ4v) is 2.81. The molecule has 0 radical (unpaired) electrons. The van der Waals surface area contributed by atoms with Crippen LogP contribution in [0.4, 0.5) is 4.79 Å². The number of amides is 1. The van der Waals surface area contributed by atoms with Crippen molar-refractivity contribution in [2.45, 2.75) is 63.4 Å². The van der Waals surface area contributed by atoms with Gasteiger partial charge in [-0.05, 0) is 33.6 Å². The van der Waals surface area contributed by atoms with Crippen molar-refractivity contribution in [3.8, 4) is 0 Å². The summed E-state index contributed by atoms with van der Waals surface area (Å²) >= 11 is 0. The van der Waals surface area contributed by atoms with E-state index in [1.54, 1.807) is 4.90 Å². The van der Waals surface area contributed by atoms with Crippen LogP contribution in [0.3, 0.4) is 0 Å². The van der Waals surface area contributed by atoms with Crippen LogP contribution in [-0.4, -0.2) is 64.3 Å². The molecule has 0 aliphatic carbocycles. The Kier molecular flexibility index (Phi) is 4.27. The highest BCUT2D eigenvalue weighted by Gasteiger charge is 2.45. The van der Waals surface area contributed by atoms with Gasteiger partial charge in [0.15, 0.2) is 0 Å². The highest BCUT2D eigenvalue weighted by atomic mass is 16.6. The van der Waals surface area contributed by atoms with Crippen LogP contribution < -0.4 is 0 Å². The van der Waals surface area contributed by atoms with Gasteiger partial charge in [0.1, 0.15) is 11.7 Å². The van der Waals surface area contributed by atoms with Crippen molar-refractivity contribution in [3.63, 3.8) is 0 Å². The number of rotatable bonds is 0. The fourth-order valence-electron chi connectivity index (χ4n) is 2.81. The number of piperidine rings is 1. The second-order valence-electron chi connectivity index (χ2n) is 6.84. The van der Waals surface area contributed by atoms with Crippen molar-refractivity contribution in [1.82, 2.24) is 4.90 Å². The Hall–Kier alpha value is -0.850. The van der Waals surface area contributed by atoms with Gasteiger partial charge in [-0.2, -0.15) is 0 Å². The molecule has 2 heterocycles. The van der Waals surface area contributed by atoms with Gasteiger partial charge in [0.05, 0.1) is 24.9 Å². The first kappa shape index (κ1) is 15.5. The number of aliphatic hydroxyl groups is 2. The lowest BCUT2D eigenvalue weighted by atomic mass is 9.84. The first-order chi connectivity index (χ1) is 9.21. The lowest BCUT2D eigenvalue weighted by Gasteiger charge is -2.47. The van der Waals surface area contributed by atoms with Crippen molar-refractivity contribution in [2.24, 2.45) is 0 Å². The molecule has 1 amide bonds. The summed E-state index contributed by atoms with van der Waals surface area (Å²) in [5.74, 6) is 0. The van der Waals surface area contributed by atoms with E-state index in [0.29, 0.717) is 19.5 Å². The number of aliphatic hydroxyl groups excluding tert-OH is 2. The number of nitrogens with zero attached hydrogens (tertiary/aromatic N) is 1. The number of hydrogen-bond donors (Lipinski definition) is 2. The van der Waals surface area contributed by atoms with E-state index in [1.807, 2.05) is 20.8 Å². The van der Waals surface area contributed by atoms with E-state index in [1.165, 1.54) is 0 Å². The van der Waals surface area contributed by atoms with Gasteiger partial charge in [0.25, 0.3) is 0 Å². The molecular weight excluding hydrogens is 262 g/mol. The van der Waals surface area contributed by atoms with Crippen LogP contribution in [0.15, 0.2) is 0 Å². The Morgan fingerprint density at radius 3 is 2.65 bits per heavy atom. The Bertz CT molecular complexity index is 367. The molecule has 0 aromatic rings. The largest absolute Gasteiger partial charge is 0.444 e. The van der Waals surface area contributed by atoms with Gasteiger partial charge in [-0.1, -0.05) is 0 Å². The van der Waals surface area contributed by atoms with Crippen molar-refractivity contribution < 1.29 is 24.5 Å². The molecule has 2 saturated heterocycles. The first-order valence-corrected chi connectivity index (χ1v) is 7.19. The molecule has 3 atom stereocenters. The molecule has 0 saturated carbocycles. The first-order valence-electron chi connectivity index (χ1n) is 7.19. The van der Waals surface area contributed by atoms with E-state index in [2.05, 4.69) is 0 Å². The number of ether oxygens (including phenoxy) is 2. The average molecular weight is 287 g/mol. The van der Waals surface area contributed by atoms with E-state index < -0.39 is 23.4 Å². The van der Waals surface area contributed by atoms with Crippen molar-refractivity contribution in [3.05, 3.63) is 0 Å². The van der Waals surface area contributed by atoms with Gasteiger partial charge in [-0.15, -0.1) is 0 Å². The smallest absolute Gasteiger partial charge is 0.410 e. The maximum atomic E-state index is 12.1. The Balaban J connectivity index is 2.00. The molecule has 1 spiro atoms. The van der Waals surface area contributed by atoms with Crippen molar-refractivity contribution >= 4 is 6.09 Å². The SMILES string of the molecule is CC(C)(C)OC(=O)N1CCCC2(C[C@@H](O)[C@@H](O)CO2)C1. The third kappa shape index (κ3) is 3.62. The van der Waals surface area contributed by atoms with E-state index in [0.717, 1.165) is 12.8 Å². The van der Waals surface area contributed by atoms with Gasteiger partial charge >= 0.3 is 6.09 Å². The van der Waals surface area contributed by atoms with Gasteiger partial charge in [-0.25, -0.2) is 4.79 Å². The Morgan fingerprint density at radius 2 is 2.05 bits per heavy atom. The Labute approximate surface area is 119 Å². The molecule has 2 rings (SSSR count). The van der Waals surface area contributed by atoms with E-state index >= 15 is 0 Å². The summed E-state index contributed by atoms with van der Waals surface area (Å²) in [4.78, 5) is 13.8. The van der Waals surface area contributed by atoms with Gasteiger partial charge < -0.3 is 24.6 Å². The minimum Gasteiger partial charge on any atom is -0.444 e. The van der Waals surface area contributed by atoms with E-state index in [4.69, 9.17) is 9.47 Å². The molecule has 2 aliphatic rings. The van der Waals surface area contributed by atoms with E-state index in [9.17, 15) is 15.0 Å². The van der Waals surface area contributed by atoms with Crippen LogP contribution in [-0.2, 0) is 9.47 Å². The minimum absolute atomic E-state index is 0.114. The van der Waals surface area contributed by atoms with Crippen LogP contribution in [0, 0.1) is 0 Å². The van der Waals surface area contributed by atoms with Crippen LogP contribution in [0.5, 0.6) is 0 Å². The molecule has 2 fully saturated rings. The standard InChI is InChI=1S/C14H25NO5/c1-13(2,3)20-12(18)15-6-4-5-14(9-15)7-10(16)11(17)8-19-14/h10-11,16-17H,4-9H2,1-3H3/t10-,11+,14?/m1/s1. The third-order valence-electron chi connectivity index (χ3n) is 3.78. The zero-order valence-corrected chi connectivity index (χ0v) is 12.5. The molecule has 1 unspecified atom stereocenters. The second-order valence-corrected chi connectivity index (χ2v) is 6.84. The predicted molar refractivity (Wildman–Crippen MR) is 72.4 cm³/mol. The third-order valence-corrected chi connectivity index (χ3v) is 3.78. The zero-order valence-electron chi connectivity index (χ0n) is 12.5. The molecule has 0 bridgehead atoms. The molecule has 2 aliphatic heterocycles. The summed E-state index contributed by atoms with van der Waals surface area (Å²) in [5, 5.41) is 19.4. The van der Waals surface area contributed by atoms with Crippen molar-refractivity contribution in [2.75, 3.05) is 19.7 Å². The molecular formula is C14H25NO5. The molecule has 0 aromatic carbocycles. The summed E-state index contributed by atoms with van der Waals surface area (Å²) in [6.45, 7) is 6.67. The lowest BCUT2D eigenvalue weighted by Crippen LogP contribution is -2.58. The van der Waals surface area contributed by atoms with Crippen LogP contribution in [0.1, 0.15) is 40.0 Å². The van der Waals surface area contributed by atoms with Crippen LogP contribution in [0.2, 0.25) is 0 Å². The van der Waals surface area contributed by atoms with Crippen molar-refractivity contribution in [1.29, 1.82) is 0 Å². The lowest BCUT2D eigenvalue weighted by molar-refractivity contribution is -0.188. The average Bonchev–Trinajstić information content (AvgIpc) is 2.33. The molecule has 2 N–H and O–H groups in total. The quantitative estimate of drug-likeness (QED) is 0.692. The summed E-state index contributed by atoms with van der Waals surface area (Å²) < 4.78 is 11.1. The number of carbonyl (C=O) groups excluding carboxylic acids is 1. The summed E-state index contributed by atoms with van der Waals surface area (Å²) in [5.41, 5.74) is -1.07. The minimum atomic E-state index is -0.836. The van der Waals surface area contributed by atoms with E-state index in [-0.39, 0.29) is 12.7 Å². The predicted octanol–water partition coefficient (Wildman–Crippen LogP) is 0.898. The highest BCUT2D eigenvalue weighted by Crippen LogP contribution is 2.34. The second kappa shape index (κ2) is 5.50. The Morgan fingerprint density at radius 1 is 1.35 bits per heavy atom. The summed E-state index contributed by atoms with van der Waals surface area (Å²) in [6.07, 6.45) is -0.0216. The fraction of sp³-hybridized carbons (Fsp3) is 0.929.